The normalized spacial score (nSPS) is 35.4. The van der Waals surface area contributed by atoms with Crippen molar-refractivity contribution in [1.29, 1.82) is 0 Å². The molecular weight excluding hydrogens is 274 g/mol. The van der Waals surface area contributed by atoms with Crippen LogP contribution in [-0.2, 0) is 14.4 Å². The molecule has 3 fully saturated rings. The van der Waals surface area contributed by atoms with Crippen molar-refractivity contribution in [2.45, 2.75) is 50.2 Å². The van der Waals surface area contributed by atoms with Crippen LogP contribution in [0.5, 0.6) is 0 Å². The molecule has 116 valence electrons. The fourth-order valence-corrected chi connectivity index (χ4v) is 3.98. The van der Waals surface area contributed by atoms with Gasteiger partial charge in [0, 0.05) is 25.0 Å². The Bertz CT molecular complexity index is 443. The molecule has 0 aromatic carbocycles. The number of piperidine rings is 1. The molecule has 2 amide bonds. The molecule has 21 heavy (non-hydrogen) atoms. The van der Waals surface area contributed by atoms with Gasteiger partial charge in [0.05, 0.1) is 6.54 Å². The molecule has 0 aromatic heterocycles. The Balaban J connectivity index is 1.63. The molecule has 7 heteroatoms. The lowest BCUT2D eigenvalue weighted by molar-refractivity contribution is -0.141. The number of aliphatic carboxylic acids is 1. The summed E-state index contributed by atoms with van der Waals surface area (Å²) >= 11 is 0. The van der Waals surface area contributed by atoms with Crippen molar-refractivity contribution in [3.63, 3.8) is 0 Å². The average molecular weight is 295 g/mol. The Labute approximate surface area is 123 Å². The fraction of sp³-hybridized carbons (Fsp3) is 0.786. The van der Waals surface area contributed by atoms with Crippen molar-refractivity contribution in [2.24, 2.45) is 5.92 Å². The number of carboxylic acids is 1. The third kappa shape index (κ3) is 2.88. The second-order valence-electron chi connectivity index (χ2n) is 6.30. The van der Waals surface area contributed by atoms with Crippen LogP contribution < -0.4 is 10.6 Å². The number of hydrogen-bond acceptors (Lipinski definition) is 4. The quantitative estimate of drug-likeness (QED) is 0.641. The van der Waals surface area contributed by atoms with Gasteiger partial charge in [0.25, 0.3) is 0 Å². The fourth-order valence-electron chi connectivity index (χ4n) is 3.98. The van der Waals surface area contributed by atoms with Crippen LogP contribution >= 0.6 is 0 Å². The van der Waals surface area contributed by atoms with E-state index in [1.165, 1.54) is 0 Å². The lowest BCUT2D eigenvalue weighted by atomic mass is 9.87. The summed E-state index contributed by atoms with van der Waals surface area (Å²) in [5.41, 5.74) is 0. The first kappa shape index (κ1) is 14.3. The van der Waals surface area contributed by atoms with E-state index in [0.717, 1.165) is 25.7 Å². The maximum atomic E-state index is 12.6. The molecular formula is C14H21N3O4. The zero-order chi connectivity index (χ0) is 15.0. The van der Waals surface area contributed by atoms with E-state index < -0.39 is 5.97 Å². The van der Waals surface area contributed by atoms with E-state index in [1.807, 2.05) is 4.90 Å². The minimum absolute atomic E-state index is 0.0521. The number of rotatable bonds is 3. The van der Waals surface area contributed by atoms with Gasteiger partial charge in [-0.2, -0.15) is 0 Å². The second kappa shape index (κ2) is 5.63. The van der Waals surface area contributed by atoms with E-state index in [1.54, 1.807) is 0 Å². The number of hydrogen-bond donors (Lipinski definition) is 3. The third-order valence-corrected chi connectivity index (χ3v) is 4.86. The predicted molar refractivity (Wildman–Crippen MR) is 73.4 cm³/mol. The van der Waals surface area contributed by atoms with Gasteiger partial charge >= 0.3 is 5.97 Å². The summed E-state index contributed by atoms with van der Waals surface area (Å²) in [6.07, 6.45) is 3.70. The molecule has 0 aromatic rings. The number of carboxylic acid groups (broad SMARTS) is 1. The summed E-state index contributed by atoms with van der Waals surface area (Å²) in [6, 6.07) is -0.0121. The standard InChI is InChI=1S/C14H21N3O4/c18-12-7-15-11(6-16-12)14(21)17-9-1-2-10(17)4-8(3-9)5-13(19)20/h8-11,15H,1-7H2,(H,16,18)(H,19,20). The van der Waals surface area contributed by atoms with Crippen molar-refractivity contribution in [3.05, 3.63) is 0 Å². The number of carbonyl (C=O) groups is 3. The van der Waals surface area contributed by atoms with Gasteiger partial charge < -0.3 is 15.3 Å². The average Bonchev–Trinajstić information content (AvgIpc) is 2.70. The van der Waals surface area contributed by atoms with Gasteiger partial charge in [-0.15, -0.1) is 0 Å². The summed E-state index contributed by atoms with van der Waals surface area (Å²) in [5, 5.41) is 14.6. The molecule has 3 unspecified atom stereocenters. The molecule has 3 aliphatic heterocycles. The number of amides is 2. The van der Waals surface area contributed by atoms with Gasteiger partial charge in [-0.3, -0.25) is 19.7 Å². The zero-order valence-electron chi connectivity index (χ0n) is 11.9. The van der Waals surface area contributed by atoms with Gasteiger partial charge in [0.2, 0.25) is 11.8 Å². The molecule has 7 nitrogen and oxygen atoms in total. The molecule has 0 spiro atoms. The molecule has 0 radical (unpaired) electrons. The lowest BCUT2D eigenvalue weighted by Crippen LogP contribution is -2.61. The van der Waals surface area contributed by atoms with Crippen LogP contribution in [0.2, 0.25) is 0 Å². The predicted octanol–water partition coefficient (Wildman–Crippen LogP) is -0.681. The first-order chi connectivity index (χ1) is 10.0. The highest BCUT2D eigenvalue weighted by molar-refractivity contribution is 5.87. The Kier molecular flexibility index (Phi) is 3.84. The topological polar surface area (TPSA) is 98.7 Å². The highest BCUT2D eigenvalue weighted by Gasteiger charge is 2.45. The maximum Gasteiger partial charge on any atom is 0.303 e. The van der Waals surface area contributed by atoms with Crippen LogP contribution in [0, 0.1) is 5.92 Å². The first-order valence-corrected chi connectivity index (χ1v) is 7.58. The van der Waals surface area contributed by atoms with E-state index in [-0.39, 0.29) is 48.8 Å². The van der Waals surface area contributed by atoms with Crippen LogP contribution in [0.15, 0.2) is 0 Å². The number of piperazine rings is 1. The largest absolute Gasteiger partial charge is 0.481 e. The van der Waals surface area contributed by atoms with Crippen molar-refractivity contribution in [1.82, 2.24) is 15.5 Å². The Morgan fingerprint density at radius 1 is 1.24 bits per heavy atom. The van der Waals surface area contributed by atoms with E-state index in [4.69, 9.17) is 5.11 Å². The monoisotopic (exact) mass is 295 g/mol. The van der Waals surface area contributed by atoms with Crippen LogP contribution in [-0.4, -0.2) is 59.0 Å². The first-order valence-electron chi connectivity index (χ1n) is 7.58. The van der Waals surface area contributed by atoms with E-state index >= 15 is 0 Å². The van der Waals surface area contributed by atoms with Gasteiger partial charge in [-0.1, -0.05) is 0 Å². The van der Waals surface area contributed by atoms with Crippen molar-refractivity contribution < 1.29 is 19.5 Å². The molecule has 2 bridgehead atoms. The molecule has 3 saturated heterocycles. The molecule has 0 aliphatic carbocycles. The summed E-state index contributed by atoms with van der Waals surface area (Å²) < 4.78 is 0. The number of carbonyl (C=O) groups excluding carboxylic acids is 2. The van der Waals surface area contributed by atoms with Crippen molar-refractivity contribution in [2.75, 3.05) is 13.1 Å². The summed E-state index contributed by atoms with van der Waals surface area (Å²) in [4.78, 5) is 36.6. The van der Waals surface area contributed by atoms with Crippen LogP contribution in [0.1, 0.15) is 32.1 Å². The lowest BCUT2D eigenvalue weighted by Gasteiger charge is -2.41. The molecule has 3 N–H and O–H groups in total. The Morgan fingerprint density at radius 3 is 2.43 bits per heavy atom. The molecule has 3 heterocycles. The molecule has 3 rings (SSSR count). The smallest absolute Gasteiger partial charge is 0.303 e. The minimum Gasteiger partial charge on any atom is -0.481 e. The van der Waals surface area contributed by atoms with E-state index in [0.29, 0.717) is 6.54 Å². The SMILES string of the molecule is O=C(O)CC1CC2CCC(C1)N2C(=O)C1CNC(=O)CN1. The summed E-state index contributed by atoms with van der Waals surface area (Å²) in [7, 11) is 0. The number of nitrogens with one attached hydrogen (secondary N) is 2. The summed E-state index contributed by atoms with van der Waals surface area (Å²) in [6.45, 7) is 0.521. The Morgan fingerprint density at radius 2 is 1.90 bits per heavy atom. The van der Waals surface area contributed by atoms with Gasteiger partial charge in [0.1, 0.15) is 6.04 Å². The molecule has 3 aliphatic rings. The van der Waals surface area contributed by atoms with Crippen molar-refractivity contribution >= 4 is 17.8 Å². The van der Waals surface area contributed by atoms with E-state index in [9.17, 15) is 14.4 Å². The van der Waals surface area contributed by atoms with Gasteiger partial charge in [-0.05, 0) is 31.6 Å². The van der Waals surface area contributed by atoms with Crippen LogP contribution in [0.4, 0.5) is 0 Å². The highest BCUT2D eigenvalue weighted by Crippen LogP contribution is 2.40. The number of nitrogens with zero attached hydrogens (tertiary/aromatic N) is 1. The van der Waals surface area contributed by atoms with Gasteiger partial charge in [0.15, 0.2) is 0 Å². The van der Waals surface area contributed by atoms with Crippen LogP contribution in [0.25, 0.3) is 0 Å². The maximum absolute atomic E-state index is 12.6. The zero-order valence-corrected chi connectivity index (χ0v) is 11.9. The third-order valence-electron chi connectivity index (χ3n) is 4.86. The van der Waals surface area contributed by atoms with Gasteiger partial charge in [-0.25, -0.2) is 0 Å². The minimum atomic E-state index is -0.754. The molecule has 3 atom stereocenters. The second-order valence-corrected chi connectivity index (χ2v) is 6.30. The summed E-state index contributed by atoms with van der Waals surface area (Å²) in [5.74, 6) is -0.600. The van der Waals surface area contributed by atoms with Crippen LogP contribution in [0.3, 0.4) is 0 Å². The number of fused-ring (bicyclic) bond motifs is 2. The molecule has 0 saturated carbocycles. The van der Waals surface area contributed by atoms with E-state index in [2.05, 4.69) is 10.6 Å². The highest BCUT2D eigenvalue weighted by atomic mass is 16.4. The van der Waals surface area contributed by atoms with Crippen molar-refractivity contribution in [3.8, 4) is 0 Å². The Hall–Kier alpha value is -1.63.